The first-order valence-corrected chi connectivity index (χ1v) is 33.8. The summed E-state index contributed by atoms with van der Waals surface area (Å²) in [5.74, 6) is -0.858. The van der Waals surface area contributed by atoms with Crippen LogP contribution in [-0.4, -0.2) is 37.2 Å². The fourth-order valence-electron chi connectivity index (χ4n) is 10.4. The van der Waals surface area contributed by atoms with E-state index >= 15 is 0 Å². The topological polar surface area (TPSA) is 78.9 Å². The molecule has 0 amide bonds. The molecule has 6 heteroatoms. The molecular weight excluding hydrogens is 925 g/mol. The van der Waals surface area contributed by atoms with Crippen molar-refractivity contribution in [1.82, 2.24) is 0 Å². The lowest BCUT2D eigenvalue weighted by atomic mass is 10.0. The predicted molar refractivity (Wildman–Crippen MR) is 326 cm³/mol. The van der Waals surface area contributed by atoms with Crippen molar-refractivity contribution >= 4 is 17.9 Å². The van der Waals surface area contributed by atoms with Gasteiger partial charge in [-0.05, 0) is 51.4 Å². The number of hydrogen-bond acceptors (Lipinski definition) is 6. The quantitative estimate of drug-likeness (QED) is 0.0261. The van der Waals surface area contributed by atoms with Crippen LogP contribution in [-0.2, 0) is 28.6 Å². The molecule has 75 heavy (non-hydrogen) atoms. The Labute approximate surface area is 468 Å². The van der Waals surface area contributed by atoms with Crippen LogP contribution in [0.15, 0.2) is 24.3 Å². The molecule has 0 heterocycles. The van der Waals surface area contributed by atoms with Crippen LogP contribution in [0.4, 0.5) is 0 Å². The van der Waals surface area contributed by atoms with Gasteiger partial charge in [0.15, 0.2) is 6.10 Å². The van der Waals surface area contributed by atoms with Gasteiger partial charge in [-0.2, -0.15) is 0 Å². The molecule has 0 radical (unpaired) electrons. The van der Waals surface area contributed by atoms with Gasteiger partial charge >= 0.3 is 17.9 Å². The lowest BCUT2D eigenvalue weighted by Gasteiger charge is -2.18. The maximum absolute atomic E-state index is 12.8. The first-order valence-electron chi connectivity index (χ1n) is 33.8. The highest BCUT2D eigenvalue weighted by atomic mass is 16.6. The molecule has 0 rings (SSSR count). The van der Waals surface area contributed by atoms with Crippen LogP contribution in [0.5, 0.6) is 0 Å². The number of carbonyl (C=O) groups excluding carboxylic acids is 3. The SMILES string of the molecule is CCCCC/C=C\C/C=C\CCCCCCCCCC(=O)OC(COC(=O)CCCCCCCCCC)COC(=O)CCCCCCCCCCCCCCCCCCCCCCCCCCCCCCCCCC. The minimum Gasteiger partial charge on any atom is -0.462 e. The van der Waals surface area contributed by atoms with E-state index in [9.17, 15) is 14.4 Å². The normalized spacial score (nSPS) is 12.1. The van der Waals surface area contributed by atoms with Gasteiger partial charge in [-0.15, -0.1) is 0 Å². The molecule has 0 aliphatic heterocycles. The van der Waals surface area contributed by atoms with E-state index in [4.69, 9.17) is 14.2 Å². The Hall–Kier alpha value is -2.11. The first kappa shape index (κ1) is 72.9. The molecule has 0 aromatic rings. The minimum atomic E-state index is -0.770. The van der Waals surface area contributed by atoms with Crippen molar-refractivity contribution in [2.45, 2.75) is 386 Å². The van der Waals surface area contributed by atoms with Gasteiger partial charge in [0.25, 0.3) is 0 Å². The molecule has 0 fully saturated rings. The van der Waals surface area contributed by atoms with Crippen LogP contribution in [0.25, 0.3) is 0 Å². The van der Waals surface area contributed by atoms with Gasteiger partial charge in [-0.25, -0.2) is 0 Å². The van der Waals surface area contributed by atoms with Crippen molar-refractivity contribution in [3.63, 3.8) is 0 Å². The molecule has 1 atom stereocenters. The van der Waals surface area contributed by atoms with Gasteiger partial charge in [-0.3, -0.25) is 14.4 Å². The summed E-state index contributed by atoms with van der Waals surface area (Å²) < 4.78 is 16.9. The largest absolute Gasteiger partial charge is 0.462 e. The molecule has 0 saturated carbocycles. The van der Waals surface area contributed by atoms with Crippen LogP contribution in [0.2, 0.25) is 0 Å². The zero-order valence-corrected chi connectivity index (χ0v) is 50.8. The number of hydrogen-bond donors (Lipinski definition) is 0. The Balaban J connectivity index is 3.99. The Morgan fingerprint density at radius 1 is 0.267 bits per heavy atom. The molecule has 0 aromatic carbocycles. The van der Waals surface area contributed by atoms with E-state index < -0.39 is 6.10 Å². The van der Waals surface area contributed by atoms with Crippen molar-refractivity contribution in [1.29, 1.82) is 0 Å². The zero-order valence-electron chi connectivity index (χ0n) is 50.8. The van der Waals surface area contributed by atoms with Crippen LogP contribution in [0, 0.1) is 0 Å². The summed E-state index contributed by atoms with van der Waals surface area (Å²) in [4.78, 5) is 38.1. The minimum absolute atomic E-state index is 0.0693. The van der Waals surface area contributed by atoms with E-state index in [2.05, 4.69) is 45.1 Å². The zero-order chi connectivity index (χ0) is 54.3. The van der Waals surface area contributed by atoms with Gasteiger partial charge in [0.2, 0.25) is 0 Å². The summed E-state index contributed by atoms with van der Waals surface area (Å²) in [5, 5.41) is 0. The fraction of sp³-hybridized carbons (Fsp3) is 0.899. The Kier molecular flexibility index (Phi) is 62.6. The van der Waals surface area contributed by atoms with Gasteiger partial charge in [0, 0.05) is 19.3 Å². The number of allylic oxidation sites excluding steroid dienone is 4. The number of carbonyl (C=O) groups is 3. The highest BCUT2D eigenvalue weighted by Crippen LogP contribution is 2.19. The highest BCUT2D eigenvalue weighted by Gasteiger charge is 2.19. The summed E-state index contributed by atoms with van der Waals surface area (Å²) in [6.45, 7) is 6.64. The standard InChI is InChI=1S/C69H130O6/c1-4-7-10-13-16-19-21-23-25-27-28-29-30-31-32-33-34-35-36-37-38-39-40-41-43-44-46-48-50-53-56-59-62-68(71)74-65-66(64-73-67(70)61-58-55-52-18-15-12-9-6-3)75-69(72)63-60-57-54-51-49-47-45-42-26-24-22-20-17-14-11-8-5-2/h17,20,24,26,66H,4-16,18-19,21-23,25,27-65H2,1-3H3/b20-17-,26-24-. The van der Waals surface area contributed by atoms with E-state index in [1.807, 2.05) is 0 Å². The van der Waals surface area contributed by atoms with Crippen LogP contribution < -0.4 is 0 Å². The molecule has 442 valence electrons. The van der Waals surface area contributed by atoms with Gasteiger partial charge in [0.1, 0.15) is 13.2 Å². The lowest BCUT2D eigenvalue weighted by molar-refractivity contribution is -0.167. The van der Waals surface area contributed by atoms with Crippen LogP contribution in [0.1, 0.15) is 380 Å². The maximum Gasteiger partial charge on any atom is 0.306 e. The van der Waals surface area contributed by atoms with Crippen molar-refractivity contribution in [3.8, 4) is 0 Å². The Bertz CT molecular complexity index is 1210. The van der Waals surface area contributed by atoms with Crippen molar-refractivity contribution < 1.29 is 28.6 Å². The summed E-state index contributed by atoms with van der Waals surface area (Å²) in [7, 11) is 0. The Morgan fingerprint density at radius 2 is 0.480 bits per heavy atom. The van der Waals surface area contributed by atoms with Crippen molar-refractivity contribution in [3.05, 3.63) is 24.3 Å². The third kappa shape index (κ3) is 62.6. The van der Waals surface area contributed by atoms with E-state index in [1.165, 1.54) is 270 Å². The molecule has 0 spiro atoms. The third-order valence-electron chi connectivity index (χ3n) is 15.5. The molecule has 0 bridgehead atoms. The molecule has 1 unspecified atom stereocenters. The van der Waals surface area contributed by atoms with Gasteiger partial charge < -0.3 is 14.2 Å². The summed E-state index contributed by atoms with van der Waals surface area (Å²) >= 11 is 0. The van der Waals surface area contributed by atoms with Crippen molar-refractivity contribution in [2.24, 2.45) is 0 Å². The molecule has 0 aliphatic rings. The Morgan fingerprint density at radius 3 is 0.760 bits per heavy atom. The second-order valence-corrected chi connectivity index (χ2v) is 23.1. The summed E-state index contributed by atoms with van der Waals surface area (Å²) in [6.07, 6.45) is 78.1. The number of esters is 3. The smallest absolute Gasteiger partial charge is 0.306 e. The summed E-state index contributed by atoms with van der Waals surface area (Å²) in [6, 6.07) is 0. The second kappa shape index (κ2) is 64.4. The monoisotopic (exact) mass is 1050 g/mol. The average molecular weight is 1060 g/mol. The molecule has 0 aliphatic carbocycles. The van der Waals surface area contributed by atoms with Crippen molar-refractivity contribution in [2.75, 3.05) is 13.2 Å². The van der Waals surface area contributed by atoms with Crippen LogP contribution >= 0.6 is 0 Å². The van der Waals surface area contributed by atoms with E-state index in [1.54, 1.807) is 0 Å². The average Bonchev–Trinajstić information content (AvgIpc) is 3.41. The molecule has 0 N–H and O–H groups in total. The van der Waals surface area contributed by atoms with Gasteiger partial charge in [0.05, 0.1) is 0 Å². The fourth-order valence-corrected chi connectivity index (χ4v) is 10.4. The number of unbranched alkanes of at least 4 members (excludes halogenated alkanes) is 48. The summed E-state index contributed by atoms with van der Waals surface area (Å²) in [5.41, 5.74) is 0. The molecular formula is C69H130O6. The second-order valence-electron chi connectivity index (χ2n) is 23.1. The molecule has 0 aromatic heterocycles. The lowest BCUT2D eigenvalue weighted by Crippen LogP contribution is -2.30. The van der Waals surface area contributed by atoms with E-state index in [-0.39, 0.29) is 31.1 Å². The maximum atomic E-state index is 12.8. The molecule has 6 nitrogen and oxygen atoms in total. The van der Waals surface area contributed by atoms with E-state index in [0.717, 1.165) is 70.6 Å². The first-order chi connectivity index (χ1) is 37.0. The highest BCUT2D eigenvalue weighted by molar-refractivity contribution is 5.71. The number of ether oxygens (including phenoxy) is 3. The predicted octanol–water partition coefficient (Wildman–Crippen LogP) is 23.0. The third-order valence-corrected chi connectivity index (χ3v) is 15.5. The van der Waals surface area contributed by atoms with Crippen LogP contribution in [0.3, 0.4) is 0 Å². The van der Waals surface area contributed by atoms with Gasteiger partial charge in [-0.1, -0.05) is 334 Å². The molecule has 0 saturated heterocycles. The van der Waals surface area contributed by atoms with E-state index in [0.29, 0.717) is 19.3 Å². The number of rotatable bonds is 63.